The Bertz CT molecular complexity index is 585. The summed E-state index contributed by atoms with van der Waals surface area (Å²) in [7, 11) is 0. The number of benzene rings is 1. The summed E-state index contributed by atoms with van der Waals surface area (Å²) in [6.07, 6.45) is 3.30. The number of carbonyl (C=O) groups excluding carboxylic acids is 1. The van der Waals surface area contributed by atoms with Gasteiger partial charge in [-0.15, -0.1) is 0 Å². The highest BCUT2D eigenvalue weighted by Gasteiger charge is 2.21. The Kier molecular flexibility index (Phi) is 4.44. The van der Waals surface area contributed by atoms with Crippen LogP contribution in [0.15, 0.2) is 54.9 Å². The molecule has 2 N–H and O–H groups in total. The lowest BCUT2D eigenvalue weighted by Gasteiger charge is -2.14. The van der Waals surface area contributed by atoms with Gasteiger partial charge in [0, 0.05) is 12.4 Å². The molecule has 0 aliphatic rings. The third-order valence-corrected chi connectivity index (χ3v) is 2.77. The van der Waals surface area contributed by atoms with Crippen LogP contribution in [0.1, 0.15) is 17.2 Å². The van der Waals surface area contributed by atoms with E-state index >= 15 is 0 Å². The molecule has 1 aromatic carbocycles. The molecular formula is C15H14N2O3. The van der Waals surface area contributed by atoms with Crippen molar-refractivity contribution >= 4 is 11.9 Å². The van der Waals surface area contributed by atoms with E-state index in [1.54, 1.807) is 54.9 Å². The summed E-state index contributed by atoms with van der Waals surface area (Å²) in [5.74, 6) is -1.44. The maximum atomic E-state index is 11.9. The fraction of sp³-hybridized carbons (Fsp3) is 0.133. The summed E-state index contributed by atoms with van der Waals surface area (Å²) in [6.45, 7) is 0. The molecule has 0 saturated heterocycles. The van der Waals surface area contributed by atoms with Gasteiger partial charge in [-0.3, -0.25) is 9.78 Å². The first-order valence-electron chi connectivity index (χ1n) is 6.13. The van der Waals surface area contributed by atoms with Gasteiger partial charge in [-0.1, -0.05) is 36.4 Å². The number of hydrogen-bond acceptors (Lipinski definition) is 3. The Labute approximate surface area is 116 Å². The Hall–Kier alpha value is -2.69. The molecule has 20 heavy (non-hydrogen) atoms. The number of carboxylic acid groups (broad SMARTS) is 1. The third kappa shape index (κ3) is 3.65. The van der Waals surface area contributed by atoms with Crippen molar-refractivity contribution in [3.8, 4) is 0 Å². The molecule has 0 aliphatic heterocycles. The molecular weight excluding hydrogens is 256 g/mol. The first kappa shape index (κ1) is 13.7. The second-order valence-corrected chi connectivity index (χ2v) is 4.29. The topological polar surface area (TPSA) is 79.3 Å². The van der Waals surface area contributed by atoms with Crippen molar-refractivity contribution in [2.45, 2.75) is 12.5 Å². The van der Waals surface area contributed by atoms with Crippen LogP contribution in [0.3, 0.4) is 0 Å². The number of hydrogen-bond donors (Lipinski definition) is 2. The highest BCUT2D eigenvalue weighted by molar-refractivity contribution is 5.85. The van der Waals surface area contributed by atoms with Gasteiger partial charge in [0.1, 0.15) is 0 Å². The van der Waals surface area contributed by atoms with Crippen molar-refractivity contribution in [2.75, 3.05) is 0 Å². The quantitative estimate of drug-likeness (QED) is 0.864. The molecule has 2 aromatic rings. The average Bonchev–Trinajstić information content (AvgIpc) is 2.46. The van der Waals surface area contributed by atoms with E-state index in [0.29, 0.717) is 5.56 Å². The number of rotatable bonds is 5. The largest absolute Gasteiger partial charge is 0.479 e. The lowest BCUT2D eigenvalue weighted by Crippen LogP contribution is -2.34. The molecule has 5 nitrogen and oxygen atoms in total. The van der Waals surface area contributed by atoms with Crippen LogP contribution in [0.4, 0.5) is 0 Å². The van der Waals surface area contributed by atoms with Crippen molar-refractivity contribution in [1.29, 1.82) is 0 Å². The molecule has 0 unspecified atom stereocenters. The molecule has 0 fully saturated rings. The van der Waals surface area contributed by atoms with Crippen molar-refractivity contribution in [3.05, 3.63) is 66.0 Å². The van der Waals surface area contributed by atoms with E-state index in [-0.39, 0.29) is 12.3 Å². The standard InChI is InChI=1S/C15H14N2O3/c18-13(9-11-5-4-8-16-10-11)17-14(15(19)20)12-6-2-1-3-7-12/h1-8,10,14H,9H2,(H,17,18)(H,19,20)/t14-/m1/s1. The van der Waals surface area contributed by atoms with Crippen LogP contribution >= 0.6 is 0 Å². The lowest BCUT2D eigenvalue weighted by molar-refractivity contribution is -0.141. The van der Waals surface area contributed by atoms with Crippen LogP contribution in [0, 0.1) is 0 Å². The number of amides is 1. The molecule has 1 heterocycles. The summed E-state index contributed by atoms with van der Waals surface area (Å²) < 4.78 is 0. The van der Waals surface area contributed by atoms with Crippen LogP contribution in [0.5, 0.6) is 0 Å². The van der Waals surface area contributed by atoms with Crippen LogP contribution in [0.25, 0.3) is 0 Å². The van der Waals surface area contributed by atoms with Gasteiger partial charge >= 0.3 is 5.97 Å². The zero-order valence-corrected chi connectivity index (χ0v) is 10.7. The average molecular weight is 270 g/mol. The summed E-state index contributed by atoms with van der Waals surface area (Å²) in [5.41, 5.74) is 1.28. The highest BCUT2D eigenvalue weighted by Crippen LogP contribution is 2.13. The molecule has 5 heteroatoms. The highest BCUT2D eigenvalue weighted by atomic mass is 16.4. The smallest absolute Gasteiger partial charge is 0.330 e. The molecule has 0 aliphatic carbocycles. The first-order valence-corrected chi connectivity index (χ1v) is 6.13. The molecule has 1 atom stereocenters. The molecule has 1 aromatic heterocycles. The molecule has 0 spiro atoms. The summed E-state index contributed by atoms with van der Waals surface area (Å²) >= 11 is 0. The number of nitrogens with zero attached hydrogens (tertiary/aromatic N) is 1. The molecule has 0 bridgehead atoms. The van der Waals surface area contributed by atoms with Crippen LogP contribution in [-0.2, 0) is 16.0 Å². The van der Waals surface area contributed by atoms with E-state index in [1.807, 2.05) is 0 Å². The summed E-state index contributed by atoms with van der Waals surface area (Å²) in [5, 5.41) is 11.7. The lowest BCUT2D eigenvalue weighted by atomic mass is 10.1. The van der Waals surface area contributed by atoms with Gasteiger partial charge in [-0.2, -0.15) is 0 Å². The molecule has 0 saturated carbocycles. The van der Waals surface area contributed by atoms with Gasteiger partial charge in [0.05, 0.1) is 6.42 Å². The molecule has 102 valence electrons. The van der Waals surface area contributed by atoms with Crippen molar-refractivity contribution in [2.24, 2.45) is 0 Å². The first-order chi connectivity index (χ1) is 9.66. The summed E-state index contributed by atoms with van der Waals surface area (Å²) in [4.78, 5) is 27.1. The third-order valence-electron chi connectivity index (χ3n) is 2.77. The van der Waals surface area contributed by atoms with Crippen LogP contribution in [-0.4, -0.2) is 22.0 Å². The zero-order valence-electron chi connectivity index (χ0n) is 10.7. The normalized spacial score (nSPS) is 11.6. The number of carboxylic acids is 1. The number of pyridine rings is 1. The molecule has 1 amide bonds. The Balaban J connectivity index is 2.06. The molecule has 0 radical (unpaired) electrons. The maximum absolute atomic E-state index is 11.9. The second kappa shape index (κ2) is 6.47. The second-order valence-electron chi connectivity index (χ2n) is 4.29. The minimum atomic E-state index is -1.09. The minimum Gasteiger partial charge on any atom is -0.479 e. The zero-order chi connectivity index (χ0) is 14.4. The van der Waals surface area contributed by atoms with Crippen molar-refractivity contribution in [3.63, 3.8) is 0 Å². The van der Waals surface area contributed by atoms with Gasteiger partial charge in [-0.25, -0.2) is 4.79 Å². The minimum absolute atomic E-state index is 0.102. The summed E-state index contributed by atoms with van der Waals surface area (Å²) in [6, 6.07) is 11.1. The number of aliphatic carboxylic acids is 1. The van der Waals surface area contributed by atoms with E-state index in [9.17, 15) is 14.7 Å². The fourth-order valence-corrected chi connectivity index (χ4v) is 1.83. The Morgan fingerprint density at radius 3 is 2.50 bits per heavy atom. The molecule has 2 rings (SSSR count). The van der Waals surface area contributed by atoms with Gasteiger partial charge in [-0.05, 0) is 17.2 Å². The predicted molar refractivity (Wildman–Crippen MR) is 72.9 cm³/mol. The Morgan fingerprint density at radius 1 is 1.15 bits per heavy atom. The van der Waals surface area contributed by atoms with Gasteiger partial charge in [0.15, 0.2) is 6.04 Å². The van der Waals surface area contributed by atoms with Gasteiger partial charge in [0.2, 0.25) is 5.91 Å². The van der Waals surface area contributed by atoms with Crippen molar-refractivity contribution < 1.29 is 14.7 Å². The van der Waals surface area contributed by atoms with Crippen LogP contribution < -0.4 is 5.32 Å². The number of aromatic nitrogens is 1. The number of carbonyl (C=O) groups is 2. The van der Waals surface area contributed by atoms with E-state index < -0.39 is 12.0 Å². The fourth-order valence-electron chi connectivity index (χ4n) is 1.83. The van der Waals surface area contributed by atoms with E-state index in [4.69, 9.17) is 0 Å². The van der Waals surface area contributed by atoms with E-state index in [0.717, 1.165) is 5.56 Å². The number of nitrogens with one attached hydrogen (secondary N) is 1. The van der Waals surface area contributed by atoms with Crippen molar-refractivity contribution in [1.82, 2.24) is 10.3 Å². The van der Waals surface area contributed by atoms with Gasteiger partial charge in [0.25, 0.3) is 0 Å². The predicted octanol–water partition coefficient (Wildman–Crippen LogP) is 1.57. The van der Waals surface area contributed by atoms with E-state index in [2.05, 4.69) is 10.3 Å². The maximum Gasteiger partial charge on any atom is 0.330 e. The van der Waals surface area contributed by atoms with Gasteiger partial charge < -0.3 is 10.4 Å². The monoisotopic (exact) mass is 270 g/mol. The van der Waals surface area contributed by atoms with E-state index in [1.165, 1.54) is 0 Å². The Morgan fingerprint density at radius 2 is 1.90 bits per heavy atom. The van der Waals surface area contributed by atoms with Crippen LogP contribution in [0.2, 0.25) is 0 Å². The SMILES string of the molecule is O=C(Cc1cccnc1)N[C@@H](C(=O)O)c1ccccc1.